The molecule has 8 heteroatoms. The van der Waals surface area contributed by atoms with Crippen molar-refractivity contribution in [3.05, 3.63) is 78.5 Å². The van der Waals surface area contributed by atoms with Crippen molar-refractivity contribution >= 4 is 34.7 Å². The number of nitrogens with one attached hydrogen (secondary N) is 2. The maximum Gasteiger partial charge on any atom is 0.231 e. The van der Waals surface area contributed by atoms with E-state index in [2.05, 4.69) is 38.7 Å². The summed E-state index contributed by atoms with van der Waals surface area (Å²) in [5.74, 6) is 3.25. The molecule has 0 aliphatic carbocycles. The van der Waals surface area contributed by atoms with E-state index in [-0.39, 0.29) is 12.4 Å². The zero-order chi connectivity index (χ0) is 24.0. The lowest BCUT2D eigenvalue weighted by Gasteiger charge is -2.14. The van der Waals surface area contributed by atoms with Crippen LogP contribution < -0.4 is 29.7 Å². The number of nitrogens with zero attached hydrogens (tertiary/aromatic N) is 2. The fourth-order valence-corrected chi connectivity index (χ4v) is 4.10. The molecule has 0 atom stereocenters. The summed E-state index contributed by atoms with van der Waals surface area (Å²) in [5.41, 5.74) is 4.19. The molecule has 188 valence electrons. The second-order valence-electron chi connectivity index (χ2n) is 8.64. The van der Waals surface area contributed by atoms with E-state index in [1.165, 1.54) is 0 Å². The molecule has 0 bridgehead atoms. The Bertz CT molecular complexity index is 1320. The number of pyridine rings is 1. The zero-order valence-electron chi connectivity index (χ0n) is 20.5. The van der Waals surface area contributed by atoms with Gasteiger partial charge in [0.1, 0.15) is 11.5 Å². The molecule has 36 heavy (non-hydrogen) atoms. The maximum atomic E-state index is 6.09. The Balaban J connectivity index is 0.00000304. The number of hydrogen-bond acceptors (Lipinski definition) is 7. The zero-order valence-corrected chi connectivity index (χ0v) is 21.3. The standard InChI is InChI=1S/C28H30N4O3.ClH/c1-32(2)21-7-4-8-22(16-21)35-23-10-11-24-25(12-15-31-26(24)17-23)30-14-5-13-29-18-20-6-3-9-27-28(20)34-19-33-27;/h3-4,6-12,15-17,29H,5,13-14,18-19H2,1-2H3,(H,30,31);1H. The highest BCUT2D eigenvalue weighted by Gasteiger charge is 2.16. The summed E-state index contributed by atoms with van der Waals surface area (Å²) in [4.78, 5) is 6.60. The highest BCUT2D eigenvalue weighted by molar-refractivity contribution is 5.91. The molecule has 0 spiro atoms. The molecule has 0 saturated carbocycles. The van der Waals surface area contributed by atoms with Gasteiger partial charge in [-0.1, -0.05) is 18.2 Å². The number of halogens is 1. The van der Waals surface area contributed by atoms with Gasteiger partial charge in [-0.05, 0) is 49.4 Å². The van der Waals surface area contributed by atoms with Gasteiger partial charge in [0, 0.05) is 67.8 Å². The van der Waals surface area contributed by atoms with Crippen molar-refractivity contribution < 1.29 is 14.2 Å². The van der Waals surface area contributed by atoms with E-state index in [4.69, 9.17) is 14.2 Å². The molecule has 1 aliphatic rings. The first-order valence-corrected chi connectivity index (χ1v) is 11.8. The third kappa shape index (κ3) is 5.93. The van der Waals surface area contributed by atoms with Crippen molar-refractivity contribution in [2.24, 2.45) is 0 Å². The van der Waals surface area contributed by atoms with Gasteiger partial charge in [0.15, 0.2) is 11.5 Å². The Morgan fingerprint density at radius 2 is 1.81 bits per heavy atom. The summed E-state index contributed by atoms with van der Waals surface area (Å²) in [6.45, 7) is 2.80. The number of benzene rings is 3. The smallest absolute Gasteiger partial charge is 0.231 e. The van der Waals surface area contributed by atoms with Crippen molar-refractivity contribution in [3.63, 3.8) is 0 Å². The molecular formula is C28H31ClN4O3. The SMILES string of the molecule is CN(C)c1cccc(Oc2ccc3c(NCCCNCc4cccc5c4OCO5)ccnc3c2)c1.Cl. The molecule has 1 aliphatic heterocycles. The average molecular weight is 507 g/mol. The molecular weight excluding hydrogens is 476 g/mol. The lowest BCUT2D eigenvalue weighted by molar-refractivity contribution is 0.173. The van der Waals surface area contributed by atoms with Crippen molar-refractivity contribution in [2.45, 2.75) is 13.0 Å². The van der Waals surface area contributed by atoms with Crippen LogP contribution in [0.1, 0.15) is 12.0 Å². The van der Waals surface area contributed by atoms with Gasteiger partial charge in [-0.3, -0.25) is 4.98 Å². The number of hydrogen-bond donors (Lipinski definition) is 2. The van der Waals surface area contributed by atoms with Crippen LogP contribution in [0.2, 0.25) is 0 Å². The van der Waals surface area contributed by atoms with Crippen molar-refractivity contribution in [3.8, 4) is 23.0 Å². The Labute approximate surface area is 217 Å². The molecule has 5 rings (SSSR count). The van der Waals surface area contributed by atoms with Gasteiger partial charge in [0.25, 0.3) is 0 Å². The number of anilines is 2. The molecule has 3 aromatic carbocycles. The maximum absolute atomic E-state index is 6.09. The van der Waals surface area contributed by atoms with E-state index in [0.717, 1.165) is 76.9 Å². The Morgan fingerprint density at radius 3 is 2.69 bits per heavy atom. The van der Waals surface area contributed by atoms with Gasteiger partial charge in [-0.2, -0.15) is 0 Å². The van der Waals surface area contributed by atoms with Crippen LogP contribution in [0, 0.1) is 0 Å². The quantitative estimate of drug-likeness (QED) is 0.262. The predicted octanol–water partition coefficient (Wildman–Crippen LogP) is 5.84. The summed E-state index contributed by atoms with van der Waals surface area (Å²) in [5, 5.41) is 8.11. The van der Waals surface area contributed by atoms with Gasteiger partial charge < -0.3 is 29.7 Å². The predicted molar refractivity (Wildman–Crippen MR) is 147 cm³/mol. The molecule has 2 N–H and O–H groups in total. The number of aromatic nitrogens is 1. The second-order valence-corrected chi connectivity index (χ2v) is 8.64. The van der Waals surface area contributed by atoms with Crippen LogP contribution in [0.4, 0.5) is 11.4 Å². The molecule has 0 amide bonds. The molecule has 0 unspecified atom stereocenters. The first kappa shape index (κ1) is 25.4. The largest absolute Gasteiger partial charge is 0.457 e. The lowest BCUT2D eigenvalue weighted by atomic mass is 10.1. The summed E-state index contributed by atoms with van der Waals surface area (Å²) >= 11 is 0. The Morgan fingerprint density at radius 1 is 0.944 bits per heavy atom. The third-order valence-corrected chi connectivity index (χ3v) is 5.92. The van der Waals surface area contributed by atoms with Crippen LogP contribution in [0.5, 0.6) is 23.0 Å². The van der Waals surface area contributed by atoms with E-state index in [9.17, 15) is 0 Å². The van der Waals surface area contributed by atoms with Crippen LogP contribution in [0.3, 0.4) is 0 Å². The molecule has 0 radical (unpaired) electrons. The molecule has 2 heterocycles. The third-order valence-electron chi connectivity index (χ3n) is 5.92. The summed E-state index contributed by atoms with van der Waals surface area (Å²) in [6.07, 6.45) is 2.82. The topological polar surface area (TPSA) is 67.9 Å². The Hall–Kier alpha value is -3.68. The van der Waals surface area contributed by atoms with Gasteiger partial charge in [0.05, 0.1) is 5.52 Å². The van der Waals surface area contributed by atoms with E-state index in [0.29, 0.717) is 6.79 Å². The Kier molecular flexibility index (Phi) is 8.36. The number of fused-ring (bicyclic) bond motifs is 2. The highest BCUT2D eigenvalue weighted by Crippen LogP contribution is 2.35. The van der Waals surface area contributed by atoms with Crippen molar-refractivity contribution in [1.29, 1.82) is 0 Å². The van der Waals surface area contributed by atoms with E-state index >= 15 is 0 Å². The number of rotatable bonds is 10. The fourth-order valence-electron chi connectivity index (χ4n) is 4.10. The van der Waals surface area contributed by atoms with Crippen molar-refractivity contribution in [2.75, 3.05) is 44.2 Å². The molecule has 0 fully saturated rings. The summed E-state index contributed by atoms with van der Waals surface area (Å²) in [7, 11) is 4.03. The molecule has 1 aromatic heterocycles. The fraction of sp³-hybridized carbons (Fsp3) is 0.250. The van der Waals surface area contributed by atoms with Crippen LogP contribution in [-0.4, -0.2) is 39.0 Å². The monoisotopic (exact) mass is 506 g/mol. The minimum atomic E-state index is 0. The van der Waals surface area contributed by atoms with Gasteiger partial charge in [-0.25, -0.2) is 0 Å². The second kappa shape index (κ2) is 11.8. The van der Waals surface area contributed by atoms with Crippen LogP contribution in [0.25, 0.3) is 10.9 Å². The van der Waals surface area contributed by atoms with Gasteiger partial charge >= 0.3 is 0 Å². The lowest BCUT2D eigenvalue weighted by Crippen LogP contribution is -2.18. The minimum Gasteiger partial charge on any atom is -0.457 e. The van der Waals surface area contributed by atoms with E-state index < -0.39 is 0 Å². The van der Waals surface area contributed by atoms with Gasteiger partial charge in [0.2, 0.25) is 6.79 Å². The summed E-state index contributed by atoms with van der Waals surface area (Å²) < 4.78 is 17.1. The number of ether oxygens (including phenoxy) is 3. The van der Waals surface area contributed by atoms with Crippen LogP contribution >= 0.6 is 12.4 Å². The first-order chi connectivity index (χ1) is 17.2. The molecule has 7 nitrogen and oxygen atoms in total. The number of para-hydroxylation sites is 1. The minimum absolute atomic E-state index is 0. The normalized spacial score (nSPS) is 11.7. The summed E-state index contributed by atoms with van der Waals surface area (Å²) in [6, 6.07) is 22.1. The molecule has 4 aromatic rings. The van der Waals surface area contributed by atoms with Crippen molar-refractivity contribution in [1.82, 2.24) is 10.3 Å². The van der Waals surface area contributed by atoms with Gasteiger partial charge in [-0.15, -0.1) is 12.4 Å². The van der Waals surface area contributed by atoms with E-state index in [1.54, 1.807) is 0 Å². The first-order valence-electron chi connectivity index (χ1n) is 11.8. The highest BCUT2D eigenvalue weighted by atomic mass is 35.5. The molecule has 0 saturated heterocycles. The van der Waals surface area contributed by atoms with Crippen LogP contribution in [-0.2, 0) is 6.54 Å². The average Bonchev–Trinajstić information content (AvgIpc) is 3.36. The van der Waals surface area contributed by atoms with E-state index in [1.807, 2.05) is 68.8 Å². The van der Waals surface area contributed by atoms with Crippen LogP contribution in [0.15, 0.2) is 72.9 Å².